The van der Waals surface area contributed by atoms with Crippen LogP contribution in [0, 0.1) is 10.1 Å². The van der Waals surface area contributed by atoms with Gasteiger partial charge in [-0.05, 0) is 24.6 Å². The fraction of sp³-hybridized carbons (Fsp3) is 0.176. The van der Waals surface area contributed by atoms with Crippen LogP contribution in [0.25, 0.3) is 0 Å². The molecule has 1 aliphatic rings. The van der Waals surface area contributed by atoms with Crippen LogP contribution in [-0.2, 0) is 11.3 Å². The molecule has 2 aromatic rings. The van der Waals surface area contributed by atoms with Crippen molar-refractivity contribution >= 4 is 34.2 Å². The van der Waals surface area contributed by atoms with E-state index in [1.165, 1.54) is 28.8 Å². The number of carbonyl (C=O) groups is 1. The SMILES string of the molecule is C/C(=N\N=C1/SCC(=O)N1Cc1ccc([N+](=O)[O-])cc1)c1ccccn1. The first-order chi connectivity index (χ1) is 12.5. The number of nitro benzene ring substituents is 1. The summed E-state index contributed by atoms with van der Waals surface area (Å²) in [6.45, 7) is 2.09. The fourth-order valence-corrected chi connectivity index (χ4v) is 3.11. The van der Waals surface area contributed by atoms with Gasteiger partial charge in [0.2, 0.25) is 5.91 Å². The molecule has 26 heavy (non-hydrogen) atoms. The Kier molecular flexibility index (Phi) is 5.37. The molecule has 0 bridgehead atoms. The van der Waals surface area contributed by atoms with Crippen molar-refractivity contribution < 1.29 is 9.72 Å². The van der Waals surface area contributed by atoms with Crippen LogP contribution in [0.15, 0.2) is 58.9 Å². The average molecular weight is 369 g/mol. The highest BCUT2D eigenvalue weighted by Gasteiger charge is 2.28. The van der Waals surface area contributed by atoms with E-state index in [-0.39, 0.29) is 11.6 Å². The fourth-order valence-electron chi connectivity index (χ4n) is 2.28. The first kappa shape index (κ1) is 17.7. The molecule has 0 aliphatic carbocycles. The standard InChI is InChI=1S/C17H15N5O3S/c1-12(15-4-2-3-9-18-15)19-20-17-21(16(23)11-26-17)10-13-5-7-14(8-6-13)22(24)25/h2-9H,10-11H2,1H3/b19-12+,20-17-. The number of carbonyl (C=O) groups excluding carboxylic acids is 1. The quantitative estimate of drug-likeness (QED) is 0.458. The van der Waals surface area contributed by atoms with E-state index in [4.69, 9.17) is 0 Å². The first-order valence-electron chi connectivity index (χ1n) is 7.75. The van der Waals surface area contributed by atoms with Gasteiger partial charge in [0.1, 0.15) is 0 Å². The van der Waals surface area contributed by atoms with Crippen LogP contribution in [0.2, 0.25) is 0 Å². The summed E-state index contributed by atoms with van der Waals surface area (Å²) in [7, 11) is 0. The Balaban J connectivity index is 1.77. The van der Waals surface area contributed by atoms with Gasteiger partial charge in [-0.1, -0.05) is 30.0 Å². The molecule has 1 fully saturated rings. The molecular weight excluding hydrogens is 354 g/mol. The summed E-state index contributed by atoms with van der Waals surface area (Å²) in [4.78, 5) is 28.1. The number of benzene rings is 1. The minimum absolute atomic E-state index is 0.0142. The third-order valence-electron chi connectivity index (χ3n) is 3.67. The van der Waals surface area contributed by atoms with E-state index in [0.29, 0.717) is 28.9 Å². The molecule has 1 aromatic heterocycles. The maximum Gasteiger partial charge on any atom is 0.269 e. The number of nitrogens with zero attached hydrogens (tertiary/aromatic N) is 5. The van der Waals surface area contributed by atoms with Crippen molar-refractivity contribution in [2.45, 2.75) is 13.5 Å². The van der Waals surface area contributed by atoms with Gasteiger partial charge in [0.25, 0.3) is 5.69 Å². The monoisotopic (exact) mass is 369 g/mol. The molecule has 1 aliphatic heterocycles. The summed E-state index contributed by atoms with van der Waals surface area (Å²) < 4.78 is 0. The van der Waals surface area contributed by atoms with Crippen molar-refractivity contribution in [2.75, 3.05) is 5.75 Å². The normalized spacial score (nSPS) is 16.3. The van der Waals surface area contributed by atoms with Crippen molar-refractivity contribution in [2.24, 2.45) is 10.2 Å². The van der Waals surface area contributed by atoms with Crippen LogP contribution >= 0.6 is 11.8 Å². The largest absolute Gasteiger partial charge is 0.285 e. The van der Waals surface area contributed by atoms with Gasteiger partial charge >= 0.3 is 0 Å². The van der Waals surface area contributed by atoms with Crippen molar-refractivity contribution in [1.29, 1.82) is 0 Å². The van der Waals surface area contributed by atoms with E-state index < -0.39 is 4.92 Å². The summed E-state index contributed by atoms with van der Waals surface area (Å²) in [6, 6.07) is 11.6. The number of amides is 1. The van der Waals surface area contributed by atoms with Gasteiger partial charge in [-0.15, -0.1) is 5.10 Å². The van der Waals surface area contributed by atoms with Crippen molar-refractivity contribution in [3.8, 4) is 0 Å². The lowest BCUT2D eigenvalue weighted by molar-refractivity contribution is -0.384. The zero-order valence-electron chi connectivity index (χ0n) is 13.9. The van der Waals surface area contributed by atoms with Gasteiger partial charge in [0.15, 0.2) is 5.17 Å². The van der Waals surface area contributed by atoms with Gasteiger partial charge in [-0.2, -0.15) is 5.10 Å². The number of rotatable bonds is 5. The molecule has 0 radical (unpaired) electrons. The molecule has 1 amide bonds. The summed E-state index contributed by atoms with van der Waals surface area (Å²) in [6.07, 6.45) is 1.68. The number of pyridine rings is 1. The minimum Gasteiger partial charge on any atom is -0.285 e. The van der Waals surface area contributed by atoms with Crippen LogP contribution in [0.5, 0.6) is 0 Å². The van der Waals surface area contributed by atoms with E-state index in [1.807, 2.05) is 18.2 Å². The van der Waals surface area contributed by atoms with Crippen LogP contribution < -0.4 is 0 Å². The smallest absolute Gasteiger partial charge is 0.269 e. The van der Waals surface area contributed by atoms with Crippen LogP contribution in [0.3, 0.4) is 0 Å². The van der Waals surface area contributed by atoms with E-state index in [9.17, 15) is 14.9 Å². The van der Waals surface area contributed by atoms with Gasteiger partial charge in [-0.3, -0.25) is 24.8 Å². The Morgan fingerprint density at radius 3 is 2.73 bits per heavy atom. The Bertz CT molecular complexity index is 881. The Morgan fingerprint density at radius 1 is 1.31 bits per heavy atom. The van der Waals surface area contributed by atoms with Gasteiger partial charge in [0.05, 0.1) is 28.6 Å². The zero-order valence-corrected chi connectivity index (χ0v) is 14.7. The lowest BCUT2D eigenvalue weighted by Gasteiger charge is -2.15. The minimum atomic E-state index is -0.456. The highest BCUT2D eigenvalue weighted by Crippen LogP contribution is 2.23. The Hall–Kier alpha value is -3.07. The molecule has 2 heterocycles. The molecule has 3 rings (SSSR count). The topological polar surface area (TPSA) is 101 Å². The van der Waals surface area contributed by atoms with Crippen molar-refractivity contribution in [3.63, 3.8) is 0 Å². The molecule has 0 N–H and O–H groups in total. The molecule has 9 heteroatoms. The summed E-state index contributed by atoms with van der Waals surface area (Å²) >= 11 is 1.31. The van der Waals surface area contributed by atoms with E-state index >= 15 is 0 Å². The maximum absolute atomic E-state index is 12.1. The number of aromatic nitrogens is 1. The lowest BCUT2D eigenvalue weighted by atomic mass is 10.2. The number of amidine groups is 1. The number of thioether (sulfide) groups is 1. The van der Waals surface area contributed by atoms with Gasteiger partial charge < -0.3 is 0 Å². The second kappa shape index (κ2) is 7.87. The molecule has 0 unspecified atom stereocenters. The van der Waals surface area contributed by atoms with Gasteiger partial charge in [-0.25, -0.2) is 0 Å². The highest BCUT2D eigenvalue weighted by atomic mass is 32.2. The Labute approximate surface area is 153 Å². The summed E-state index contributed by atoms with van der Waals surface area (Å²) in [5.74, 6) is 0.224. The predicted molar refractivity (Wildman–Crippen MR) is 100.0 cm³/mol. The highest BCUT2D eigenvalue weighted by molar-refractivity contribution is 8.15. The van der Waals surface area contributed by atoms with E-state index in [1.54, 1.807) is 25.3 Å². The summed E-state index contributed by atoms with van der Waals surface area (Å²) in [5.41, 5.74) is 2.16. The molecule has 0 saturated carbocycles. The third-order valence-corrected chi connectivity index (χ3v) is 4.62. The first-order valence-corrected chi connectivity index (χ1v) is 8.73. The molecule has 132 valence electrons. The van der Waals surface area contributed by atoms with E-state index in [2.05, 4.69) is 15.2 Å². The van der Waals surface area contributed by atoms with Crippen molar-refractivity contribution in [3.05, 3.63) is 70.0 Å². The second-order valence-electron chi connectivity index (χ2n) is 5.48. The number of non-ortho nitro benzene ring substituents is 1. The third kappa shape index (κ3) is 4.12. The number of hydrogen-bond acceptors (Lipinski definition) is 7. The van der Waals surface area contributed by atoms with Crippen molar-refractivity contribution in [1.82, 2.24) is 9.88 Å². The van der Waals surface area contributed by atoms with Gasteiger partial charge in [0, 0.05) is 18.3 Å². The molecule has 8 nitrogen and oxygen atoms in total. The zero-order chi connectivity index (χ0) is 18.5. The molecule has 1 saturated heterocycles. The second-order valence-corrected chi connectivity index (χ2v) is 6.42. The molecule has 0 atom stereocenters. The van der Waals surface area contributed by atoms with Crippen LogP contribution in [-0.4, -0.2) is 37.3 Å². The molecule has 0 spiro atoms. The average Bonchev–Trinajstić information content (AvgIpc) is 3.00. The summed E-state index contributed by atoms with van der Waals surface area (Å²) in [5, 5.41) is 19.6. The maximum atomic E-state index is 12.1. The lowest BCUT2D eigenvalue weighted by Crippen LogP contribution is -2.28. The van der Waals surface area contributed by atoms with Crippen LogP contribution in [0.4, 0.5) is 5.69 Å². The predicted octanol–water partition coefficient (Wildman–Crippen LogP) is 2.85. The van der Waals surface area contributed by atoms with E-state index in [0.717, 1.165) is 5.56 Å². The number of hydrogen-bond donors (Lipinski definition) is 0. The Morgan fingerprint density at radius 2 is 2.08 bits per heavy atom. The molecule has 1 aromatic carbocycles. The van der Waals surface area contributed by atoms with Crippen LogP contribution in [0.1, 0.15) is 18.2 Å². The number of nitro groups is 1. The molecular formula is C17H15N5O3S.